The molecule has 31 heavy (non-hydrogen) atoms. The molecule has 1 amide bonds. The van der Waals surface area contributed by atoms with Crippen molar-refractivity contribution in [3.63, 3.8) is 0 Å². The maximum absolute atomic E-state index is 13.3. The lowest BCUT2D eigenvalue weighted by Gasteiger charge is -2.35. The first-order chi connectivity index (χ1) is 15.0. The molecule has 4 heterocycles. The maximum atomic E-state index is 13.3. The molecule has 0 radical (unpaired) electrons. The molecule has 3 aromatic heterocycles. The zero-order valence-corrected chi connectivity index (χ0v) is 18.0. The summed E-state index contributed by atoms with van der Waals surface area (Å²) in [4.78, 5) is 26.0. The van der Waals surface area contributed by atoms with Gasteiger partial charge in [0.2, 0.25) is 0 Å². The van der Waals surface area contributed by atoms with Gasteiger partial charge in [-0.15, -0.1) is 0 Å². The minimum atomic E-state index is -0.0986. The zero-order valence-electron chi connectivity index (χ0n) is 17.2. The Morgan fingerprint density at radius 3 is 2.55 bits per heavy atom. The molecule has 1 aliphatic rings. The van der Waals surface area contributed by atoms with Gasteiger partial charge < -0.3 is 9.80 Å². The van der Waals surface area contributed by atoms with E-state index in [1.54, 1.807) is 21.9 Å². The summed E-state index contributed by atoms with van der Waals surface area (Å²) in [6.07, 6.45) is 3.33. The molecule has 0 spiro atoms. The van der Waals surface area contributed by atoms with Gasteiger partial charge in [0.05, 0.1) is 28.5 Å². The van der Waals surface area contributed by atoms with Crippen LogP contribution >= 0.6 is 11.6 Å². The molecule has 0 bridgehead atoms. The molecule has 1 saturated heterocycles. The number of hydrogen-bond acceptors (Lipinski definition) is 6. The Hall–Kier alpha value is -3.46. The fourth-order valence-electron chi connectivity index (χ4n) is 3.96. The fraction of sp³-hybridized carbons (Fsp3) is 0.286. The summed E-state index contributed by atoms with van der Waals surface area (Å²) < 4.78 is 3.34. The second-order valence-corrected chi connectivity index (χ2v) is 7.84. The lowest BCUT2D eigenvalue weighted by Crippen LogP contribution is -2.49. The standard InChI is InChI=1S/C21H21ClN8O/c1-14-17(18(22)30(26-14)15-6-4-3-5-7-15)21(31)29-10-8-28(9-11-29)20-16-12-25-27(2)19(16)23-13-24-20/h3-7,12-13H,8-11H2,1-2H3. The summed E-state index contributed by atoms with van der Waals surface area (Å²) in [5.74, 6) is 0.745. The van der Waals surface area contributed by atoms with Gasteiger partial charge in [0, 0.05) is 33.2 Å². The summed E-state index contributed by atoms with van der Waals surface area (Å²) in [5.41, 5.74) is 2.69. The Kier molecular flexibility index (Phi) is 4.82. The van der Waals surface area contributed by atoms with Crippen LogP contribution in [-0.4, -0.2) is 66.5 Å². The predicted molar refractivity (Wildman–Crippen MR) is 118 cm³/mol. The topological polar surface area (TPSA) is 85.0 Å². The number of carbonyl (C=O) groups excluding carboxylic acids is 1. The van der Waals surface area contributed by atoms with Crippen molar-refractivity contribution in [3.8, 4) is 5.69 Å². The van der Waals surface area contributed by atoms with Crippen molar-refractivity contribution in [2.24, 2.45) is 7.05 Å². The molecule has 5 rings (SSSR count). The van der Waals surface area contributed by atoms with Crippen molar-refractivity contribution < 1.29 is 4.79 Å². The Morgan fingerprint density at radius 1 is 1.06 bits per heavy atom. The van der Waals surface area contributed by atoms with E-state index in [4.69, 9.17) is 11.6 Å². The smallest absolute Gasteiger partial charge is 0.259 e. The number of carbonyl (C=O) groups is 1. The van der Waals surface area contributed by atoms with Crippen LogP contribution in [0.4, 0.5) is 5.82 Å². The van der Waals surface area contributed by atoms with E-state index in [0.717, 1.165) is 22.5 Å². The van der Waals surface area contributed by atoms with Crippen LogP contribution in [0.5, 0.6) is 0 Å². The summed E-state index contributed by atoms with van der Waals surface area (Å²) in [6.45, 7) is 4.27. The van der Waals surface area contributed by atoms with Crippen LogP contribution in [0.1, 0.15) is 16.1 Å². The average molecular weight is 437 g/mol. The molecule has 9 nitrogen and oxygen atoms in total. The molecule has 10 heteroatoms. The number of aryl methyl sites for hydroxylation is 2. The number of fused-ring (bicyclic) bond motifs is 1. The number of nitrogens with zero attached hydrogens (tertiary/aromatic N) is 8. The van der Waals surface area contributed by atoms with Crippen LogP contribution < -0.4 is 4.90 Å². The van der Waals surface area contributed by atoms with Crippen LogP contribution in [0.25, 0.3) is 16.7 Å². The van der Waals surface area contributed by atoms with E-state index in [-0.39, 0.29) is 5.91 Å². The monoisotopic (exact) mass is 436 g/mol. The Morgan fingerprint density at radius 2 is 1.81 bits per heavy atom. The van der Waals surface area contributed by atoms with Gasteiger partial charge in [-0.3, -0.25) is 9.48 Å². The highest BCUT2D eigenvalue weighted by Gasteiger charge is 2.29. The van der Waals surface area contributed by atoms with Crippen LogP contribution in [0.2, 0.25) is 5.15 Å². The maximum Gasteiger partial charge on any atom is 0.259 e. The van der Waals surface area contributed by atoms with Gasteiger partial charge in [-0.05, 0) is 19.1 Å². The van der Waals surface area contributed by atoms with Gasteiger partial charge in [0.25, 0.3) is 5.91 Å². The lowest BCUT2D eigenvalue weighted by atomic mass is 10.2. The van der Waals surface area contributed by atoms with E-state index in [2.05, 4.69) is 25.1 Å². The molecule has 158 valence electrons. The highest BCUT2D eigenvalue weighted by molar-refractivity contribution is 6.33. The third-order valence-electron chi connectivity index (χ3n) is 5.59. The second kappa shape index (κ2) is 7.66. The van der Waals surface area contributed by atoms with E-state index in [0.29, 0.717) is 42.6 Å². The first-order valence-electron chi connectivity index (χ1n) is 10.0. The lowest BCUT2D eigenvalue weighted by molar-refractivity contribution is 0.0746. The third-order valence-corrected chi connectivity index (χ3v) is 5.94. The van der Waals surface area contributed by atoms with Crippen LogP contribution in [0.15, 0.2) is 42.9 Å². The molecular formula is C21H21ClN8O. The van der Waals surface area contributed by atoms with Crippen molar-refractivity contribution in [1.29, 1.82) is 0 Å². The Bertz CT molecular complexity index is 1260. The van der Waals surface area contributed by atoms with E-state index in [1.165, 1.54) is 0 Å². The van der Waals surface area contributed by atoms with Crippen molar-refractivity contribution in [1.82, 2.24) is 34.4 Å². The van der Waals surface area contributed by atoms with Crippen LogP contribution in [0.3, 0.4) is 0 Å². The van der Waals surface area contributed by atoms with Gasteiger partial charge in [-0.1, -0.05) is 29.8 Å². The highest BCUT2D eigenvalue weighted by atomic mass is 35.5. The number of hydrogen-bond donors (Lipinski definition) is 0. The number of para-hydroxylation sites is 1. The first-order valence-corrected chi connectivity index (χ1v) is 10.4. The van der Waals surface area contributed by atoms with Crippen LogP contribution in [-0.2, 0) is 7.05 Å². The Labute approximate surface area is 183 Å². The molecule has 4 aromatic rings. The number of rotatable bonds is 3. The van der Waals surface area contributed by atoms with Gasteiger partial charge in [-0.2, -0.15) is 10.2 Å². The van der Waals surface area contributed by atoms with E-state index in [9.17, 15) is 4.79 Å². The second-order valence-electron chi connectivity index (χ2n) is 7.48. The van der Waals surface area contributed by atoms with E-state index in [1.807, 2.05) is 49.2 Å². The molecule has 0 saturated carbocycles. The van der Waals surface area contributed by atoms with Crippen LogP contribution in [0, 0.1) is 6.92 Å². The van der Waals surface area contributed by atoms with Crippen molar-refractivity contribution in [3.05, 3.63) is 59.3 Å². The van der Waals surface area contributed by atoms with E-state index < -0.39 is 0 Å². The molecule has 1 aliphatic heterocycles. The summed E-state index contributed by atoms with van der Waals surface area (Å²) in [7, 11) is 1.86. The minimum Gasteiger partial charge on any atom is -0.352 e. The van der Waals surface area contributed by atoms with Crippen molar-refractivity contribution in [2.75, 3.05) is 31.1 Å². The number of anilines is 1. The number of halogens is 1. The predicted octanol–water partition coefficient (Wildman–Crippen LogP) is 2.47. The van der Waals surface area contributed by atoms with Gasteiger partial charge >= 0.3 is 0 Å². The molecule has 0 N–H and O–H groups in total. The average Bonchev–Trinajstić information content (AvgIpc) is 3.33. The van der Waals surface area contributed by atoms with Crippen molar-refractivity contribution in [2.45, 2.75) is 6.92 Å². The third kappa shape index (κ3) is 3.31. The minimum absolute atomic E-state index is 0.0986. The molecule has 0 aliphatic carbocycles. The number of benzene rings is 1. The fourth-order valence-corrected chi connectivity index (χ4v) is 4.32. The number of aromatic nitrogens is 6. The molecule has 0 unspecified atom stereocenters. The summed E-state index contributed by atoms with van der Waals surface area (Å²) in [5, 5.41) is 10.0. The zero-order chi connectivity index (χ0) is 21.5. The van der Waals surface area contributed by atoms with Gasteiger partial charge in [0.15, 0.2) is 5.65 Å². The SMILES string of the molecule is Cc1nn(-c2ccccc2)c(Cl)c1C(=O)N1CCN(c2ncnc3c2cnn3C)CC1. The quantitative estimate of drug-likeness (QED) is 0.490. The van der Waals surface area contributed by atoms with Crippen molar-refractivity contribution >= 4 is 34.4 Å². The summed E-state index contributed by atoms with van der Waals surface area (Å²) in [6, 6.07) is 9.57. The molecule has 0 atom stereocenters. The number of piperazine rings is 1. The summed E-state index contributed by atoms with van der Waals surface area (Å²) >= 11 is 6.59. The van der Waals surface area contributed by atoms with E-state index >= 15 is 0 Å². The Balaban J connectivity index is 1.35. The largest absolute Gasteiger partial charge is 0.352 e. The number of amides is 1. The molecular weight excluding hydrogens is 416 g/mol. The van der Waals surface area contributed by atoms with Gasteiger partial charge in [-0.25, -0.2) is 14.6 Å². The highest BCUT2D eigenvalue weighted by Crippen LogP contribution is 2.27. The normalized spacial score (nSPS) is 14.4. The first kappa shape index (κ1) is 19.5. The van der Waals surface area contributed by atoms with Gasteiger partial charge in [0.1, 0.15) is 17.3 Å². The molecule has 1 fully saturated rings. The molecule has 1 aromatic carbocycles.